The first-order chi connectivity index (χ1) is 8.72. The van der Waals surface area contributed by atoms with E-state index in [1.54, 1.807) is 0 Å². The Hall–Kier alpha value is -2.10. The number of anilines is 1. The van der Waals surface area contributed by atoms with E-state index in [1.807, 2.05) is 43.6 Å². The van der Waals surface area contributed by atoms with Crippen LogP contribution in [0.5, 0.6) is 0 Å². The Kier molecular flexibility index (Phi) is 3.77. The number of hydrogen-bond donors (Lipinski definition) is 1. The SMILES string of the molecule is C=CCNc1nc(C)cn1C(C)c1ccccn1. The summed E-state index contributed by atoms with van der Waals surface area (Å²) in [5.74, 6) is 0.852. The molecule has 1 unspecified atom stereocenters. The predicted molar refractivity (Wildman–Crippen MR) is 73.7 cm³/mol. The summed E-state index contributed by atoms with van der Waals surface area (Å²) in [4.78, 5) is 8.86. The fraction of sp³-hybridized carbons (Fsp3) is 0.286. The molecule has 94 valence electrons. The van der Waals surface area contributed by atoms with Crippen molar-refractivity contribution in [3.63, 3.8) is 0 Å². The van der Waals surface area contributed by atoms with E-state index in [4.69, 9.17) is 0 Å². The van der Waals surface area contributed by atoms with Gasteiger partial charge in [-0.05, 0) is 26.0 Å². The third-order valence-electron chi connectivity index (χ3n) is 2.79. The summed E-state index contributed by atoms with van der Waals surface area (Å²) in [6.07, 6.45) is 5.66. The van der Waals surface area contributed by atoms with Gasteiger partial charge in [-0.25, -0.2) is 4.98 Å². The monoisotopic (exact) mass is 242 g/mol. The van der Waals surface area contributed by atoms with Crippen molar-refractivity contribution in [1.82, 2.24) is 14.5 Å². The van der Waals surface area contributed by atoms with Gasteiger partial charge in [0, 0.05) is 18.9 Å². The number of imidazole rings is 1. The molecule has 4 nitrogen and oxygen atoms in total. The molecule has 18 heavy (non-hydrogen) atoms. The Balaban J connectivity index is 2.29. The van der Waals surface area contributed by atoms with Crippen LogP contribution >= 0.6 is 0 Å². The lowest BCUT2D eigenvalue weighted by Crippen LogP contribution is -2.12. The Morgan fingerprint density at radius 3 is 3.00 bits per heavy atom. The molecule has 0 aliphatic rings. The summed E-state index contributed by atoms with van der Waals surface area (Å²) < 4.78 is 2.10. The second-order valence-electron chi connectivity index (χ2n) is 4.21. The van der Waals surface area contributed by atoms with Crippen LogP contribution < -0.4 is 5.32 Å². The standard InChI is InChI=1S/C14H18N4/c1-4-8-16-14-17-11(2)10-18(14)12(3)13-7-5-6-9-15-13/h4-7,9-10,12H,1,8H2,2-3H3,(H,16,17). The van der Waals surface area contributed by atoms with Crippen LogP contribution in [0.3, 0.4) is 0 Å². The molecule has 0 bridgehead atoms. The summed E-state index contributed by atoms with van der Waals surface area (Å²) in [6.45, 7) is 8.50. The van der Waals surface area contributed by atoms with Gasteiger partial charge in [0.05, 0.1) is 17.4 Å². The Morgan fingerprint density at radius 2 is 2.33 bits per heavy atom. The molecule has 0 fully saturated rings. The molecule has 0 aliphatic heterocycles. The highest BCUT2D eigenvalue weighted by molar-refractivity contribution is 5.32. The van der Waals surface area contributed by atoms with Gasteiger partial charge in [-0.15, -0.1) is 6.58 Å². The average Bonchev–Trinajstić information content (AvgIpc) is 2.77. The number of pyridine rings is 1. The van der Waals surface area contributed by atoms with Crippen LogP contribution in [-0.2, 0) is 0 Å². The fourth-order valence-corrected chi connectivity index (χ4v) is 1.87. The zero-order valence-electron chi connectivity index (χ0n) is 10.8. The summed E-state index contributed by atoms with van der Waals surface area (Å²) in [6, 6.07) is 6.10. The fourth-order valence-electron chi connectivity index (χ4n) is 1.87. The van der Waals surface area contributed by atoms with Crippen molar-refractivity contribution in [2.45, 2.75) is 19.9 Å². The van der Waals surface area contributed by atoms with Crippen molar-refractivity contribution in [2.24, 2.45) is 0 Å². The minimum Gasteiger partial charge on any atom is -0.352 e. The second-order valence-corrected chi connectivity index (χ2v) is 4.21. The highest BCUT2D eigenvalue weighted by atomic mass is 15.2. The molecule has 0 saturated carbocycles. The summed E-state index contributed by atoms with van der Waals surface area (Å²) >= 11 is 0. The summed E-state index contributed by atoms with van der Waals surface area (Å²) in [7, 11) is 0. The normalized spacial score (nSPS) is 12.1. The van der Waals surface area contributed by atoms with Crippen LogP contribution in [-0.4, -0.2) is 21.1 Å². The van der Waals surface area contributed by atoms with Crippen molar-refractivity contribution in [3.05, 3.63) is 54.6 Å². The highest BCUT2D eigenvalue weighted by Crippen LogP contribution is 2.21. The molecule has 0 spiro atoms. The minimum absolute atomic E-state index is 0.153. The summed E-state index contributed by atoms with van der Waals surface area (Å²) in [5, 5.41) is 3.24. The Labute approximate surface area is 107 Å². The van der Waals surface area contributed by atoms with Gasteiger partial charge in [-0.3, -0.25) is 4.98 Å². The van der Waals surface area contributed by atoms with Gasteiger partial charge >= 0.3 is 0 Å². The highest BCUT2D eigenvalue weighted by Gasteiger charge is 2.13. The molecule has 1 atom stereocenters. The maximum absolute atomic E-state index is 4.47. The van der Waals surface area contributed by atoms with E-state index < -0.39 is 0 Å². The van der Waals surface area contributed by atoms with Gasteiger partial charge in [0.2, 0.25) is 5.95 Å². The molecule has 4 heteroatoms. The molecule has 0 saturated heterocycles. The van der Waals surface area contributed by atoms with Crippen molar-refractivity contribution < 1.29 is 0 Å². The number of nitrogens with zero attached hydrogens (tertiary/aromatic N) is 3. The van der Waals surface area contributed by atoms with Crippen molar-refractivity contribution in [1.29, 1.82) is 0 Å². The molecular weight excluding hydrogens is 224 g/mol. The predicted octanol–water partition coefficient (Wildman–Crippen LogP) is 2.79. The van der Waals surface area contributed by atoms with Crippen LogP contribution in [0, 0.1) is 6.92 Å². The minimum atomic E-state index is 0.153. The maximum Gasteiger partial charge on any atom is 0.203 e. The maximum atomic E-state index is 4.47. The molecule has 2 heterocycles. The smallest absolute Gasteiger partial charge is 0.203 e. The number of nitrogens with one attached hydrogen (secondary N) is 1. The molecule has 2 aromatic heterocycles. The average molecular weight is 242 g/mol. The van der Waals surface area contributed by atoms with E-state index in [0.29, 0.717) is 6.54 Å². The first-order valence-corrected chi connectivity index (χ1v) is 6.03. The lowest BCUT2D eigenvalue weighted by molar-refractivity contribution is 0.626. The first-order valence-electron chi connectivity index (χ1n) is 6.03. The number of aromatic nitrogens is 3. The third-order valence-corrected chi connectivity index (χ3v) is 2.79. The molecule has 0 radical (unpaired) electrons. The topological polar surface area (TPSA) is 42.7 Å². The zero-order valence-corrected chi connectivity index (χ0v) is 10.8. The van der Waals surface area contributed by atoms with Gasteiger partial charge in [0.1, 0.15) is 0 Å². The van der Waals surface area contributed by atoms with Gasteiger partial charge in [-0.1, -0.05) is 12.1 Å². The van der Waals surface area contributed by atoms with E-state index in [1.165, 1.54) is 0 Å². The number of hydrogen-bond acceptors (Lipinski definition) is 3. The lowest BCUT2D eigenvalue weighted by Gasteiger charge is -2.16. The van der Waals surface area contributed by atoms with Crippen molar-refractivity contribution in [3.8, 4) is 0 Å². The molecule has 2 rings (SSSR count). The molecule has 2 aromatic rings. The van der Waals surface area contributed by atoms with Crippen LogP contribution in [0.1, 0.15) is 24.4 Å². The van der Waals surface area contributed by atoms with Gasteiger partial charge < -0.3 is 9.88 Å². The zero-order chi connectivity index (χ0) is 13.0. The van der Waals surface area contributed by atoms with E-state index >= 15 is 0 Å². The molecule has 0 aromatic carbocycles. The number of aryl methyl sites for hydroxylation is 1. The second kappa shape index (κ2) is 5.49. The van der Waals surface area contributed by atoms with Gasteiger partial charge in [-0.2, -0.15) is 0 Å². The molecule has 0 aliphatic carbocycles. The van der Waals surface area contributed by atoms with Crippen LogP contribution in [0.2, 0.25) is 0 Å². The van der Waals surface area contributed by atoms with Crippen molar-refractivity contribution in [2.75, 3.05) is 11.9 Å². The lowest BCUT2D eigenvalue weighted by atomic mass is 10.2. The van der Waals surface area contributed by atoms with Gasteiger partial charge in [0.15, 0.2) is 0 Å². The van der Waals surface area contributed by atoms with Crippen LogP contribution in [0.4, 0.5) is 5.95 Å². The molecule has 0 amide bonds. The Morgan fingerprint density at radius 1 is 1.50 bits per heavy atom. The van der Waals surface area contributed by atoms with Crippen LogP contribution in [0.25, 0.3) is 0 Å². The van der Waals surface area contributed by atoms with Gasteiger partial charge in [0.25, 0.3) is 0 Å². The Bertz CT molecular complexity index is 516. The third kappa shape index (κ3) is 2.59. The van der Waals surface area contributed by atoms with E-state index in [-0.39, 0.29) is 6.04 Å². The molecular formula is C14H18N4. The van der Waals surface area contributed by atoms with E-state index in [2.05, 4.69) is 33.4 Å². The molecule has 1 N–H and O–H groups in total. The number of rotatable bonds is 5. The quantitative estimate of drug-likeness (QED) is 0.820. The summed E-state index contributed by atoms with van der Waals surface area (Å²) in [5.41, 5.74) is 2.01. The van der Waals surface area contributed by atoms with E-state index in [0.717, 1.165) is 17.3 Å². The van der Waals surface area contributed by atoms with Crippen molar-refractivity contribution >= 4 is 5.95 Å². The van der Waals surface area contributed by atoms with Crippen LogP contribution in [0.15, 0.2) is 43.2 Å². The largest absolute Gasteiger partial charge is 0.352 e. The first kappa shape index (κ1) is 12.4. The van der Waals surface area contributed by atoms with E-state index in [9.17, 15) is 0 Å².